The van der Waals surface area contributed by atoms with Crippen molar-refractivity contribution in [3.63, 3.8) is 0 Å². The number of hydrogen-bond acceptors (Lipinski definition) is 6. The Labute approximate surface area is 165 Å². The molecule has 1 saturated heterocycles. The number of ether oxygens (including phenoxy) is 3. The molecule has 0 saturated carbocycles. The van der Waals surface area contributed by atoms with Crippen LogP contribution in [0.1, 0.15) is 44.0 Å². The first-order valence-electron chi connectivity index (χ1n) is 9.56. The highest BCUT2D eigenvalue weighted by molar-refractivity contribution is 5.94. The number of carbonyl (C=O) groups is 3. The minimum absolute atomic E-state index is 0.00268. The van der Waals surface area contributed by atoms with Gasteiger partial charge in [-0.05, 0) is 49.9 Å². The molecule has 0 radical (unpaired) electrons. The van der Waals surface area contributed by atoms with E-state index in [9.17, 15) is 14.4 Å². The number of benzene rings is 1. The quantitative estimate of drug-likeness (QED) is 0.590. The van der Waals surface area contributed by atoms with Crippen LogP contribution in [0.15, 0.2) is 24.3 Å². The molecule has 154 valence electrons. The lowest BCUT2D eigenvalue weighted by molar-refractivity contribution is 0.0785. The Kier molecular flexibility index (Phi) is 8.10. The molecule has 1 aliphatic rings. The zero-order valence-electron chi connectivity index (χ0n) is 16.6. The molecule has 0 bridgehead atoms. The standard InChI is InChI=1S/C20H28N2O6/c1-4-26-20(25)28-17-7-5-15(6-8-17)18(23)21-16-9-11-22(12-10-16)19(24)27-13-14(2)3/h5-8,14,16H,4,9-13H2,1-3H3,(H,21,23). The van der Waals surface area contributed by atoms with Gasteiger partial charge in [-0.1, -0.05) is 13.8 Å². The van der Waals surface area contributed by atoms with Crippen LogP contribution in [0.4, 0.5) is 9.59 Å². The molecule has 1 aliphatic heterocycles. The highest BCUT2D eigenvalue weighted by Crippen LogP contribution is 2.15. The number of piperidine rings is 1. The van der Waals surface area contributed by atoms with Gasteiger partial charge in [0.1, 0.15) is 5.75 Å². The van der Waals surface area contributed by atoms with E-state index < -0.39 is 6.16 Å². The number of hydrogen-bond donors (Lipinski definition) is 1. The predicted octanol–water partition coefficient (Wildman–Crippen LogP) is 3.21. The highest BCUT2D eigenvalue weighted by Gasteiger charge is 2.25. The molecule has 0 aromatic heterocycles. The van der Waals surface area contributed by atoms with Crippen LogP contribution in [0, 0.1) is 5.92 Å². The molecule has 1 heterocycles. The Morgan fingerprint density at radius 3 is 2.32 bits per heavy atom. The van der Waals surface area contributed by atoms with Crippen LogP contribution in [-0.2, 0) is 9.47 Å². The molecule has 8 nitrogen and oxygen atoms in total. The van der Waals surface area contributed by atoms with Crippen LogP contribution in [-0.4, -0.2) is 55.4 Å². The second kappa shape index (κ2) is 10.5. The summed E-state index contributed by atoms with van der Waals surface area (Å²) >= 11 is 0. The topological polar surface area (TPSA) is 94.2 Å². The third-order valence-electron chi connectivity index (χ3n) is 4.21. The summed E-state index contributed by atoms with van der Waals surface area (Å²) in [5, 5.41) is 2.98. The van der Waals surface area contributed by atoms with Gasteiger partial charge >= 0.3 is 12.2 Å². The summed E-state index contributed by atoms with van der Waals surface area (Å²) in [6.45, 7) is 7.41. The van der Waals surface area contributed by atoms with E-state index in [1.165, 1.54) is 0 Å². The van der Waals surface area contributed by atoms with Gasteiger partial charge in [-0.25, -0.2) is 9.59 Å². The van der Waals surface area contributed by atoms with Crippen LogP contribution >= 0.6 is 0 Å². The van der Waals surface area contributed by atoms with E-state index >= 15 is 0 Å². The summed E-state index contributed by atoms with van der Waals surface area (Å²) < 4.78 is 14.9. The van der Waals surface area contributed by atoms with E-state index in [1.807, 2.05) is 13.8 Å². The fourth-order valence-corrected chi connectivity index (χ4v) is 2.72. The predicted molar refractivity (Wildman–Crippen MR) is 102 cm³/mol. The summed E-state index contributed by atoms with van der Waals surface area (Å²) in [5.41, 5.74) is 0.468. The van der Waals surface area contributed by atoms with E-state index in [2.05, 4.69) is 5.32 Å². The SMILES string of the molecule is CCOC(=O)Oc1ccc(C(=O)NC2CCN(C(=O)OCC(C)C)CC2)cc1. The molecule has 0 unspecified atom stereocenters. The monoisotopic (exact) mass is 392 g/mol. The molecule has 0 aliphatic carbocycles. The number of carbonyl (C=O) groups excluding carboxylic acids is 3. The van der Waals surface area contributed by atoms with Crippen molar-refractivity contribution >= 4 is 18.2 Å². The van der Waals surface area contributed by atoms with Crippen LogP contribution in [0.5, 0.6) is 5.75 Å². The molecule has 1 N–H and O–H groups in total. The molecule has 2 rings (SSSR count). The number of rotatable bonds is 6. The molecule has 0 atom stereocenters. The first-order chi connectivity index (χ1) is 13.4. The van der Waals surface area contributed by atoms with Gasteiger partial charge in [0, 0.05) is 24.7 Å². The van der Waals surface area contributed by atoms with Gasteiger partial charge in [-0.15, -0.1) is 0 Å². The maximum atomic E-state index is 12.4. The number of amides is 2. The average molecular weight is 392 g/mol. The average Bonchev–Trinajstić information content (AvgIpc) is 2.67. The Hall–Kier alpha value is -2.77. The molecule has 1 aromatic carbocycles. The summed E-state index contributed by atoms with van der Waals surface area (Å²) in [4.78, 5) is 37.3. The molecular weight excluding hydrogens is 364 g/mol. The van der Waals surface area contributed by atoms with Crippen LogP contribution in [0.2, 0.25) is 0 Å². The molecule has 1 fully saturated rings. The summed E-state index contributed by atoms with van der Waals surface area (Å²) in [6.07, 6.45) is 0.271. The molecule has 8 heteroatoms. The Morgan fingerprint density at radius 2 is 1.75 bits per heavy atom. The van der Waals surface area contributed by atoms with Gasteiger partial charge in [0.15, 0.2) is 0 Å². The summed E-state index contributed by atoms with van der Waals surface area (Å²) in [5.74, 6) is 0.404. The second-order valence-electron chi connectivity index (χ2n) is 7.01. The first-order valence-corrected chi connectivity index (χ1v) is 9.56. The summed E-state index contributed by atoms with van der Waals surface area (Å²) in [6, 6.07) is 6.25. The molecular formula is C20H28N2O6. The van der Waals surface area contributed by atoms with Gasteiger partial charge in [-0.3, -0.25) is 4.79 Å². The van der Waals surface area contributed by atoms with Crippen molar-refractivity contribution in [1.29, 1.82) is 0 Å². The summed E-state index contributed by atoms with van der Waals surface area (Å²) in [7, 11) is 0. The van der Waals surface area contributed by atoms with Gasteiger partial charge in [0.25, 0.3) is 5.91 Å². The van der Waals surface area contributed by atoms with Gasteiger partial charge < -0.3 is 24.4 Å². The van der Waals surface area contributed by atoms with Crippen LogP contribution in [0.3, 0.4) is 0 Å². The first kappa shape index (κ1) is 21.5. The molecule has 28 heavy (non-hydrogen) atoms. The van der Waals surface area contributed by atoms with Crippen molar-refractivity contribution in [3.8, 4) is 5.75 Å². The minimum atomic E-state index is -0.779. The molecule has 2 amide bonds. The van der Waals surface area contributed by atoms with Crippen molar-refractivity contribution in [2.45, 2.75) is 39.7 Å². The lowest BCUT2D eigenvalue weighted by Gasteiger charge is -2.31. The van der Waals surface area contributed by atoms with Crippen LogP contribution < -0.4 is 10.1 Å². The van der Waals surface area contributed by atoms with Gasteiger partial charge in [-0.2, -0.15) is 0 Å². The maximum absolute atomic E-state index is 12.4. The van der Waals surface area contributed by atoms with Crippen molar-refractivity contribution in [1.82, 2.24) is 10.2 Å². The van der Waals surface area contributed by atoms with Crippen molar-refractivity contribution in [2.24, 2.45) is 5.92 Å². The second-order valence-corrected chi connectivity index (χ2v) is 7.01. The number of nitrogens with one attached hydrogen (secondary N) is 1. The zero-order chi connectivity index (χ0) is 20.5. The van der Waals surface area contributed by atoms with Crippen molar-refractivity contribution < 1.29 is 28.6 Å². The smallest absolute Gasteiger partial charge is 0.449 e. The molecule has 0 spiro atoms. The van der Waals surface area contributed by atoms with Gasteiger partial charge in [0.2, 0.25) is 0 Å². The molecule has 1 aromatic rings. The van der Waals surface area contributed by atoms with E-state index in [4.69, 9.17) is 14.2 Å². The minimum Gasteiger partial charge on any atom is -0.449 e. The van der Waals surface area contributed by atoms with E-state index in [-0.39, 0.29) is 24.6 Å². The van der Waals surface area contributed by atoms with E-state index in [0.717, 1.165) is 0 Å². The number of nitrogens with zero attached hydrogens (tertiary/aromatic N) is 1. The Bertz CT molecular complexity index is 666. The lowest BCUT2D eigenvalue weighted by atomic mass is 10.0. The maximum Gasteiger partial charge on any atom is 0.513 e. The Morgan fingerprint density at radius 1 is 1.11 bits per heavy atom. The van der Waals surface area contributed by atoms with Crippen molar-refractivity contribution in [3.05, 3.63) is 29.8 Å². The third-order valence-corrected chi connectivity index (χ3v) is 4.21. The third kappa shape index (κ3) is 6.75. The highest BCUT2D eigenvalue weighted by atomic mass is 16.7. The fraction of sp³-hybridized carbons (Fsp3) is 0.550. The fourth-order valence-electron chi connectivity index (χ4n) is 2.72. The lowest BCUT2D eigenvalue weighted by Crippen LogP contribution is -2.46. The van der Waals surface area contributed by atoms with Gasteiger partial charge in [0.05, 0.1) is 13.2 Å². The van der Waals surface area contributed by atoms with Crippen molar-refractivity contribution in [2.75, 3.05) is 26.3 Å². The normalized spacial score (nSPS) is 14.5. The largest absolute Gasteiger partial charge is 0.513 e. The zero-order valence-corrected chi connectivity index (χ0v) is 16.6. The Balaban J connectivity index is 1.78. The number of likely N-dealkylation sites (tertiary alicyclic amines) is 1. The van der Waals surface area contributed by atoms with E-state index in [1.54, 1.807) is 36.1 Å². The van der Waals surface area contributed by atoms with Crippen LogP contribution in [0.25, 0.3) is 0 Å². The van der Waals surface area contributed by atoms with E-state index in [0.29, 0.717) is 49.8 Å².